The smallest absolute Gasteiger partial charge is 0.337 e. The highest BCUT2D eigenvalue weighted by Gasteiger charge is 2.26. The van der Waals surface area contributed by atoms with Gasteiger partial charge in [0.2, 0.25) is 10.0 Å². The number of hydrogen-bond acceptors (Lipinski definition) is 5. The summed E-state index contributed by atoms with van der Waals surface area (Å²) >= 11 is 0. The molecule has 116 valence electrons. The van der Waals surface area contributed by atoms with Crippen LogP contribution in [0.4, 0.5) is 0 Å². The van der Waals surface area contributed by atoms with Crippen molar-refractivity contribution in [2.24, 2.45) is 0 Å². The van der Waals surface area contributed by atoms with Crippen LogP contribution in [0.2, 0.25) is 0 Å². The first-order chi connectivity index (χ1) is 9.82. The van der Waals surface area contributed by atoms with Crippen LogP contribution in [0.5, 0.6) is 0 Å². The predicted octanol–water partition coefficient (Wildman–Crippen LogP) is 0.958. The van der Waals surface area contributed by atoms with Crippen molar-refractivity contribution in [3.05, 3.63) is 29.8 Å². The van der Waals surface area contributed by atoms with E-state index in [9.17, 15) is 18.0 Å². The quantitative estimate of drug-likeness (QED) is 0.752. The van der Waals surface area contributed by atoms with Crippen molar-refractivity contribution in [1.29, 1.82) is 0 Å². The summed E-state index contributed by atoms with van der Waals surface area (Å²) in [7, 11) is -2.79. The lowest BCUT2D eigenvalue weighted by Crippen LogP contribution is -2.36. The molecule has 1 N–H and O–H groups in total. The number of carbonyl (C=O) groups excluding carboxylic acids is 1. The molecule has 8 heteroatoms. The second-order valence-electron chi connectivity index (χ2n) is 4.25. The zero-order valence-electron chi connectivity index (χ0n) is 11.8. The third kappa shape index (κ3) is 4.27. The van der Waals surface area contributed by atoms with Gasteiger partial charge in [-0.05, 0) is 24.6 Å². The van der Waals surface area contributed by atoms with Crippen molar-refractivity contribution in [3.63, 3.8) is 0 Å². The molecule has 0 atom stereocenters. The van der Waals surface area contributed by atoms with Gasteiger partial charge in [0.25, 0.3) is 0 Å². The Balaban J connectivity index is 3.21. The maximum Gasteiger partial charge on any atom is 0.337 e. The molecule has 1 aromatic carbocycles. The molecule has 0 saturated heterocycles. The van der Waals surface area contributed by atoms with Gasteiger partial charge in [-0.3, -0.25) is 4.79 Å². The molecule has 7 nitrogen and oxygen atoms in total. The number of hydrogen-bond donors (Lipinski definition) is 1. The van der Waals surface area contributed by atoms with E-state index in [0.29, 0.717) is 6.42 Å². The number of ether oxygens (including phenoxy) is 1. The molecule has 0 heterocycles. The molecule has 1 aromatic rings. The Morgan fingerprint density at radius 1 is 1.33 bits per heavy atom. The number of esters is 1. The number of benzene rings is 1. The van der Waals surface area contributed by atoms with Crippen LogP contribution in [-0.4, -0.2) is 50.0 Å². The Bertz CT molecular complexity index is 625. The summed E-state index contributed by atoms with van der Waals surface area (Å²) in [6.07, 6.45) is 0.475. The minimum absolute atomic E-state index is 0.0804. The van der Waals surface area contributed by atoms with Crippen LogP contribution in [-0.2, 0) is 19.6 Å². The van der Waals surface area contributed by atoms with E-state index in [2.05, 4.69) is 4.74 Å². The standard InChI is InChI=1S/C13H17NO6S/c1-3-7-14(9-12(15)16)21(18,19)11-6-4-5-10(8-11)13(17)20-2/h4-6,8H,3,7,9H2,1-2H3,(H,15,16). The van der Waals surface area contributed by atoms with E-state index >= 15 is 0 Å². The van der Waals surface area contributed by atoms with Crippen molar-refractivity contribution in [1.82, 2.24) is 4.31 Å². The lowest BCUT2D eigenvalue weighted by molar-refractivity contribution is -0.137. The summed E-state index contributed by atoms with van der Waals surface area (Å²) in [6, 6.07) is 5.31. The SMILES string of the molecule is CCCN(CC(=O)O)S(=O)(=O)c1cccc(C(=O)OC)c1. The van der Waals surface area contributed by atoms with Crippen LogP contribution in [0.15, 0.2) is 29.2 Å². The Hall–Kier alpha value is -1.93. The maximum atomic E-state index is 12.4. The van der Waals surface area contributed by atoms with E-state index in [1.54, 1.807) is 6.92 Å². The van der Waals surface area contributed by atoms with E-state index in [1.165, 1.54) is 31.4 Å². The number of methoxy groups -OCH3 is 1. The number of carbonyl (C=O) groups is 2. The van der Waals surface area contributed by atoms with Gasteiger partial charge in [0.1, 0.15) is 6.54 Å². The third-order valence-corrected chi connectivity index (χ3v) is 4.52. The number of carboxylic acid groups (broad SMARTS) is 1. The van der Waals surface area contributed by atoms with E-state index in [0.717, 1.165) is 4.31 Å². The summed E-state index contributed by atoms with van der Waals surface area (Å²) < 4.78 is 30.3. The Labute approximate surface area is 123 Å². The molecule has 21 heavy (non-hydrogen) atoms. The molecular weight excluding hydrogens is 298 g/mol. The number of sulfonamides is 1. The van der Waals surface area contributed by atoms with Crippen molar-refractivity contribution >= 4 is 22.0 Å². The first kappa shape index (κ1) is 17.1. The van der Waals surface area contributed by atoms with Gasteiger partial charge in [0.15, 0.2) is 0 Å². The minimum Gasteiger partial charge on any atom is -0.480 e. The Kier molecular flexibility index (Phi) is 5.86. The zero-order valence-corrected chi connectivity index (χ0v) is 12.6. The first-order valence-electron chi connectivity index (χ1n) is 6.23. The van der Waals surface area contributed by atoms with E-state index < -0.39 is 28.5 Å². The van der Waals surface area contributed by atoms with Crippen LogP contribution in [0.25, 0.3) is 0 Å². The average molecular weight is 315 g/mol. The lowest BCUT2D eigenvalue weighted by atomic mass is 10.2. The molecule has 0 fully saturated rings. The van der Waals surface area contributed by atoms with Crippen LogP contribution in [0, 0.1) is 0 Å². The Morgan fingerprint density at radius 2 is 2.00 bits per heavy atom. The molecule has 0 aliphatic rings. The molecule has 0 radical (unpaired) electrons. The lowest BCUT2D eigenvalue weighted by Gasteiger charge is -2.19. The number of rotatable bonds is 7. The summed E-state index contributed by atoms with van der Waals surface area (Å²) in [5, 5.41) is 8.82. The van der Waals surface area contributed by atoms with Gasteiger partial charge < -0.3 is 9.84 Å². The number of aliphatic carboxylic acids is 1. The minimum atomic E-state index is -3.98. The fourth-order valence-corrected chi connectivity index (χ4v) is 3.26. The summed E-state index contributed by atoms with van der Waals surface area (Å²) in [5.41, 5.74) is 0.0883. The number of nitrogens with zero attached hydrogens (tertiary/aromatic N) is 1. The maximum absolute atomic E-state index is 12.4. The molecule has 0 bridgehead atoms. The third-order valence-electron chi connectivity index (χ3n) is 2.68. The highest BCUT2D eigenvalue weighted by molar-refractivity contribution is 7.89. The topological polar surface area (TPSA) is 101 Å². The van der Waals surface area contributed by atoms with Crippen LogP contribution in [0.3, 0.4) is 0 Å². The van der Waals surface area contributed by atoms with Gasteiger partial charge in [-0.25, -0.2) is 13.2 Å². The molecular formula is C13H17NO6S. The fourth-order valence-electron chi connectivity index (χ4n) is 1.73. The van der Waals surface area contributed by atoms with Gasteiger partial charge in [0, 0.05) is 6.54 Å². The summed E-state index contributed by atoms with van der Waals surface area (Å²) in [6.45, 7) is 1.20. The van der Waals surface area contributed by atoms with Crippen molar-refractivity contribution in [3.8, 4) is 0 Å². The van der Waals surface area contributed by atoms with Crippen molar-refractivity contribution in [2.45, 2.75) is 18.2 Å². The van der Waals surface area contributed by atoms with Crippen molar-refractivity contribution < 1.29 is 27.9 Å². The molecule has 0 spiro atoms. The highest BCUT2D eigenvalue weighted by Crippen LogP contribution is 2.18. The Morgan fingerprint density at radius 3 is 2.52 bits per heavy atom. The van der Waals surface area contributed by atoms with Gasteiger partial charge in [-0.15, -0.1) is 0 Å². The van der Waals surface area contributed by atoms with Gasteiger partial charge in [-0.1, -0.05) is 13.0 Å². The van der Waals surface area contributed by atoms with Gasteiger partial charge in [-0.2, -0.15) is 4.31 Å². The summed E-state index contributed by atoms with van der Waals surface area (Å²) in [4.78, 5) is 22.1. The fraction of sp³-hybridized carbons (Fsp3) is 0.385. The molecule has 0 amide bonds. The van der Waals surface area contributed by atoms with E-state index in [4.69, 9.17) is 5.11 Å². The molecule has 0 unspecified atom stereocenters. The second-order valence-corrected chi connectivity index (χ2v) is 6.19. The highest BCUT2D eigenvalue weighted by atomic mass is 32.2. The predicted molar refractivity (Wildman–Crippen MR) is 74.5 cm³/mol. The van der Waals surface area contributed by atoms with Gasteiger partial charge >= 0.3 is 11.9 Å². The van der Waals surface area contributed by atoms with Crippen LogP contribution in [0.1, 0.15) is 23.7 Å². The van der Waals surface area contributed by atoms with E-state index in [1.807, 2.05) is 0 Å². The van der Waals surface area contributed by atoms with Crippen LogP contribution >= 0.6 is 0 Å². The molecule has 0 saturated carbocycles. The van der Waals surface area contributed by atoms with Gasteiger partial charge in [0.05, 0.1) is 17.6 Å². The molecule has 0 aliphatic carbocycles. The molecule has 0 aliphatic heterocycles. The molecule has 0 aromatic heterocycles. The largest absolute Gasteiger partial charge is 0.480 e. The average Bonchev–Trinajstić information content (AvgIpc) is 2.45. The molecule has 1 rings (SSSR count). The van der Waals surface area contributed by atoms with E-state index in [-0.39, 0.29) is 17.0 Å². The second kappa shape index (κ2) is 7.19. The monoisotopic (exact) mass is 315 g/mol. The van der Waals surface area contributed by atoms with Crippen molar-refractivity contribution in [2.75, 3.05) is 20.2 Å². The van der Waals surface area contributed by atoms with Crippen LogP contribution < -0.4 is 0 Å². The summed E-state index contributed by atoms with van der Waals surface area (Å²) in [5.74, 6) is -1.90. The first-order valence-corrected chi connectivity index (χ1v) is 7.67. The normalized spacial score (nSPS) is 11.4. The zero-order chi connectivity index (χ0) is 16.0. The number of carboxylic acids is 1.